The maximum atomic E-state index is 12.7. The molecule has 2 N–H and O–H groups in total. The molecule has 0 radical (unpaired) electrons. The number of hydrogen-bond acceptors (Lipinski definition) is 3. The van der Waals surface area contributed by atoms with Crippen LogP contribution in [0.25, 0.3) is 0 Å². The van der Waals surface area contributed by atoms with Crippen LogP contribution in [0.1, 0.15) is 21.5 Å². The second-order valence-electron chi connectivity index (χ2n) is 5.22. The van der Waals surface area contributed by atoms with Gasteiger partial charge in [-0.2, -0.15) is 0 Å². The molecule has 1 aliphatic rings. The fraction of sp³-hybridized carbons (Fsp3) is 0.176. The lowest BCUT2D eigenvalue weighted by atomic mass is 10.1. The fourth-order valence-electron chi connectivity index (χ4n) is 2.64. The Morgan fingerprint density at radius 2 is 1.59 bits per heavy atom. The molecule has 1 heterocycles. The summed E-state index contributed by atoms with van der Waals surface area (Å²) >= 11 is 0. The van der Waals surface area contributed by atoms with E-state index in [1.54, 1.807) is 29.2 Å². The van der Waals surface area contributed by atoms with Gasteiger partial charge >= 0.3 is 5.97 Å². The number of carbonyl (C=O) groups is 2. The second kappa shape index (κ2) is 5.89. The molecule has 0 aromatic heterocycles. The zero-order valence-electron chi connectivity index (χ0n) is 12.0. The number of anilines is 1. The molecule has 1 aliphatic heterocycles. The van der Waals surface area contributed by atoms with Crippen LogP contribution in [0.4, 0.5) is 5.69 Å². The summed E-state index contributed by atoms with van der Waals surface area (Å²) in [4.78, 5) is 25.2. The van der Waals surface area contributed by atoms with Gasteiger partial charge in [0.15, 0.2) is 0 Å². The predicted octanol–water partition coefficient (Wildman–Crippen LogP) is 2.34. The first-order valence-corrected chi connectivity index (χ1v) is 7.06. The van der Waals surface area contributed by atoms with Gasteiger partial charge in [0.05, 0.1) is 5.56 Å². The SMILES string of the molecule is O=C(O)CNc1ccccc1C(=O)N1Cc2ccccc2C1. The third kappa shape index (κ3) is 2.79. The minimum atomic E-state index is -0.962. The van der Waals surface area contributed by atoms with Gasteiger partial charge in [-0.15, -0.1) is 0 Å². The zero-order valence-corrected chi connectivity index (χ0v) is 12.0. The molecule has 3 rings (SSSR count). The molecule has 0 unspecified atom stereocenters. The molecule has 0 saturated carbocycles. The van der Waals surface area contributed by atoms with Gasteiger partial charge in [-0.1, -0.05) is 36.4 Å². The van der Waals surface area contributed by atoms with Crippen LogP contribution >= 0.6 is 0 Å². The topological polar surface area (TPSA) is 69.6 Å². The van der Waals surface area contributed by atoms with Crippen molar-refractivity contribution in [1.82, 2.24) is 4.90 Å². The predicted molar refractivity (Wildman–Crippen MR) is 82.6 cm³/mol. The highest BCUT2D eigenvalue weighted by atomic mass is 16.4. The van der Waals surface area contributed by atoms with Crippen molar-refractivity contribution < 1.29 is 14.7 Å². The van der Waals surface area contributed by atoms with E-state index >= 15 is 0 Å². The molecule has 0 atom stereocenters. The van der Waals surface area contributed by atoms with E-state index in [9.17, 15) is 9.59 Å². The van der Waals surface area contributed by atoms with Gasteiger partial charge in [-0.25, -0.2) is 0 Å². The van der Waals surface area contributed by atoms with E-state index in [0.717, 1.165) is 11.1 Å². The second-order valence-corrected chi connectivity index (χ2v) is 5.22. The Kier molecular flexibility index (Phi) is 3.78. The molecule has 112 valence electrons. The maximum absolute atomic E-state index is 12.7. The number of amides is 1. The van der Waals surface area contributed by atoms with Crippen molar-refractivity contribution in [1.29, 1.82) is 0 Å². The number of carboxylic acids is 1. The summed E-state index contributed by atoms with van der Waals surface area (Å²) in [5, 5.41) is 11.6. The summed E-state index contributed by atoms with van der Waals surface area (Å²) in [7, 11) is 0. The van der Waals surface area contributed by atoms with E-state index in [-0.39, 0.29) is 12.5 Å². The van der Waals surface area contributed by atoms with E-state index < -0.39 is 5.97 Å². The molecule has 0 bridgehead atoms. The van der Waals surface area contributed by atoms with Gasteiger partial charge in [-0.05, 0) is 23.3 Å². The lowest BCUT2D eigenvalue weighted by molar-refractivity contribution is -0.134. The first-order valence-electron chi connectivity index (χ1n) is 7.06. The van der Waals surface area contributed by atoms with Crippen LogP contribution in [0.3, 0.4) is 0 Å². The molecule has 5 heteroatoms. The number of fused-ring (bicyclic) bond motifs is 1. The molecule has 0 aliphatic carbocycles. The largest absolute Gasteiger partial charge is 0.480 e. The average molecular weight is 296 g/mol. The van der Waals surface area contributed by atoms with Crippen LogP contribution < -0.4 is 5.32 Å². The molecule has 2 aromatic carbocycles. The molecular weight excluding hydrogens is 280 g/mol. The highest BCUT2D eigenvalue weighted by Crippen LogP contribution is 2.26. The Bertz CT molecular complexity index is 702. The molecular formula is C17H16N2O3. The number of benzene rings is 2. The highest BCUT2D eigenvalue weighted by molar-refractivity contribution is 6.00. The number of nitrogens with zero attached hydrogens (tertiary/aromatic N) is 1. The molecule has 5 nitrogen and oxygen atoms in total. The van der Waals surface area contributed by atoms with Crippen molar-refractivity contribution in [3.8, 4) is 0 Å². The van der Waals surface area contributed by atoms with E-state index in [0.29, 0.717) is 24.3 Å². The summed E-state index contributed by atoms with van der Waals surface area (Å²) in [5.74, 6) is -1.06. The minimum absolute atomic E-state index is 0.0929. The third-order valence-corrected chi connectivity index (χ3v) is 3.72. The lowest BCUT2D eigenvalue weighted by Crippen LogP contribution is -2.26. The number of carboxylic acid groups (broad SMARTS) is 1. The van der Waals surface area contributed by atoms with Crippen LogP contribution in [0, 0.1) is 0 Å². The lowest BCUT2D eigenvalue weighted by Gasteiger charge is -2.18. The van der Waals surface area contributed by atoms with Crippen molar-refractivity contribution in [3.63, 3.8) is 0 Å². The van der Waals surface area contributed by atoms with Crippen molar-refractivity contribution in [3.05, 3.63) is 65.2 Å². The minimum Gasteiger partial charge on any atom is -0.480 e. The summed E-state index contributed by atoms with van der Waals surface area (Å²) in [6.45, 7) is 0.953. The Balaban J connectivity index is 1.80. The third-order valence-electron chi connectivity index (χ3n) is 3.72. The van der Waals surface area contributed by atoms with Gasteiger partial charge in [0, 0.05) is 18.8 Å². The maximum Gasteiger partial charge on any atom is 0.322 e. The monoisotopic (exact) mass is 296 g/mol. The highest BCUT2D eigenvalue weighted by Gasteiger charge is 2.25. The van der Waals surface area contributed by atoms with Crippen LogP contribution in [0.15, 0.2) is 48.5 Å². The van der Waals surface area contributed by atoms with E-state index in [2.05, 4.69) is 5.32 Å². The summed E-state index contributed by atoms with van der Waals surface area (Å²) in [6.07, 6.45) is 0. The molecule has 2 aromatic rings. The van der Waals surface area contributed by atoms with Crippen molar-refractivity contribution in [2.24, 2.45) is 0 Å². The summed E-state index contributed by atoms with van der Waals surface area (Å²) in [5.41, 5.74) is 3.36. The smallest absolute Gasteiger partial charge is 0.322 e. The number of hydrogen-bond donors (Lipinski definition) is 2. The molecule has 1 amide bonds. The van der Waals surface area contributed by atoms with Gasteiger partial charge in [0.1, 0.15) is 6.54 Å². The fourth-order valence-corrected chi connectivity index (χ4v) is 2.64. The van der Waals surface area contributed by atoms with Crippen molar-refractivity contribution >= 4 is 17.6 Å². The van der Waals surface area contributed by atoms with Crippen molar-refractivity contribution in [2.45, 2.75) is 13.1 Å². The normalized spacial score (nSPS) is 12.8. The van der Waals surface area contributed by atoms with Gasteiger partial charge in [0.2, 0.25) is 0 Å². The van der Waals surface area contributed by atoms with Crippen LogP contribution in [-0.2, 0) is 17.9 Å². The van der Waals surface area contributed by atoms with Crippen LogP contribution in [0.2, 0.25) is 0 Å². The standard InChI is InChI=1S/C17H16N2O3/c20-16(21)9-18-15-8-4-3-7-14(15)17(22)19-10-12-5-1-2-6-13(12)11-19/h1-8,18H,9-11H2,(H,20,21). The van der Waals surface area contributed by atoms with Crippen molar-refractivity contribution in [2.75, 3.05) is 11.9 Å². The Labute approximate surface area is 128 Å². The number of rotatable bonds is 4. The molecule has 0 spiro atoms. The quantitative estimate of drug-likeness (QED) is 0.908. The average Bonchev–Trinajstić information content (AvgIpc) is 2.96. The van der Waals surface area contributed by atoms with E-state index in [1.165, 1.54) is 0 Å². The molecule has 0 fully saturated rings. The van der Waals surface area contributed by atoms with Crippen LogP contribution in [0.5, 0.6) is 0 Å². The summed E-state index contributed by atoms with van der Waals surface area (Å²) < 4.78 is 0. The number of carbonyl (C=O) groups excluding carboxylic acids is 1. The number of nitrogens with one attached hydrogen (secondary N) is 1. The van der Waals surface area contributed by atoms with Gasteiger partial charge < -0.3 is 15.3 Å². The van der Waals surface area contributed by atoms with E-state index in [4.69, 9.17) is 5.11 Å². The first-order chi connectivity index (χ1) is 10.6. The van der Waals surface area contributed by atoms with Crippen LogP contribution in [-0.4, -0.2) is 28.4 Å². The number of para-hydroxylation sites is 1. The Hall–Kier alpha value is -2.82. The van der Waals surface area contributed by atoms with Gasteiger partial charge in [0.25, 0.3) is 5.91 Å². The molecule has 22 heavy (non-hydrogen) atoms. The van der Waals surface area contributed by atoms with E-state index in [1.807, 2.05) is 24.3 Å². The molecule has 0 saturated heterocycles. The Morgan fingerprint density at radius 3 is 2.23 bits per heavy atom. The van der Waals surface area contributed by atoms with Gasteiger partial charge in [-0.3, -0.25) is 9.59 Å². The number of aliphatic carboxylic acids is 1. The summed E-state index contributed by atoms with van der Waals surface area (Å²) in [6, 6.07) is 15.0. The first kappa shape index (κ1) is 14.1. The Morgan fingerprint density at radius 1 is 1.00 bits per heavy atom. The zero-order chi connectivity index (χ0) is 15.5.